The molecule has 0 atom stereocenters. The van der Waals surface area contributed by atoms with Gasteiger partial charge in [0.15, 0.2) is 0 Å². The zero-order valence-electron chi connectivity index (χ0n) is 14.6. The number of nitrogens with one attached hydrogen (secondary N) is 1. The topological polar surface area (TPSA) is 51.1 Å². The molecule has 0 aliphatic carbocycles. The lowest BCUT2D eigenvalue weighted by atomic mass is 10.1. The van der Waals surface area contributed by atoms with E-state index >= 15 is 0 Å². The van der Waals surface area contributed by atoms with Gasteiger partial charge in [0, 0.05) is 17.4 Å². The van der Waals surface area contributed by atoms with E-state index in [1.165, 1.54) is 16.7 Å². The number of benzene rings is 2. The third kappa shape index (κ3) is 3.72. The molecule has 5 heteroatoms. The Morgan fingerprint density at radius 2 is 1.85 bits per heavy atom. The summed E-state index contributed by atoms with van der Waals surface area (Å²) in [4.78, 5) is 25.2. The molecule has 1 N–H and O–H groups in total. The van der Waals surface area contributed by atoms with E-state index in [4.69, 9.17) is 0 Å². The highest BCUT2D eigenvalue weighted by Gasteiger charge is 2.14. The van der Waals surface area contributed by atoms with Gasteiger partial charge in [0.2, 0.25) is 0 Å². The van der Waals surface area contributed by atoms with Crippen molar-refractivity contribution < 1.29 is 9.18 Å². The van der Waals surface area contributed by atoms with Gasteiger partial charge in [-0.3, -0.25) is 9.59 Å². The second-order valence-corrected chi connectivity index (χ2v) is 6.22. The fraction of sp³-hybridized carbons (Fsp3) is 0.143. The molecular formula is C21H19FN2O2. The van der Waals surface area contributed by atoms with Gasteiger partial charge >= 0.3 is 0 Å². The van der Waals surface area contributed by atoms with Gasteiger partial charge in [-0.1, -0.05) is 35.9 Å². The molecule has 0 spiro atoms. The summed E-state index contributed by atoms with van der Waals surface area (Å²) in [6.07, 6.45) is 1.54. The Bertz CT molecular complexity index is 1020. The quantitative estimate of drug-likeness (QED) is 0.776. The molecule has 132 valence electrons. The summed E-state index contributed by atoms with van der Waals surface area (Å²) in [6.45, 7) is 3.93. The first-order valence-electron chi connectivity index (χ1n) is 8.27. The van der Waals surface area contributed by atoms with Gasteiger partial charge in [0.1, 0.15) is 11.4 Å². The van der Waals surface area contributed by atoms with Crippen LogP contribution < -0.4 is 10.9 Å². The fourth-order valence-corrected chi connectivity index (χ4v) is 2.79. The highest BCUT2D eigenvalue weighted by atomic mass is 19.1. The van der Waals surface area contributed by atoms with E-state index in [9.17, 15) is 14.0 Å². The van der Waals surface area contributed by atoms with Crippen LogP contribution in [0.4, 0.5) is 10.1 Å². The van der Waals surface area contributed by atoms with Gasteiger partial charge in [0.25, 0.3) is 11.5 Å². The third-order valence-corrected chi connectivity index (χ3v) is 4.19. The number of pyridine rings is 1. The predicted octanol–water partition coefficient (Wildman–Crippen LogP) is 3.90. The molecule has 0 radical (unpaired) electrons. The number of nitrogens with zero attached hydrogens (tertiary/aromatic N) is 1. The second-order valence-electron chi connectivity index (χ2n) is 6.22. The van der Waals surface area contributed by atoms with Crippen LogP contribution in [-0.2, 0) is 6.54 Å². The van der Waals surface area contributed by atoms with Gasteiger partial charge < -0.3 is 9.88 Å². The van der Waals surface area contributed by atoms with Gasteiger partial charge in [-0.05, 0) is 43.7 Å². The maximum absolute atomic E-state index is 13.8. The molecule has 26 heavy (non-hydrogen) atoms. The SMILES string of the molecule is Cc1ccc(NC(=O)c2cccn(Cc3ccccc3F)c2=O)c(C)c1. The normalized spacial score (nSPS) is 10.6. The van der Waals surface area contributed by atoms with Crippen LogP contribution in [0.1, 0.15) is 27.0 Å². The molecule has 3 aromatic rings. The highest BCUT2D eigenvalue weighted by Crippen LogP contribution is 2.16. The van der Waals surface area contributed by atoms with E-state index in [0.717, 1.165) is 11.1 Å². The Labute approximate surface area is 150 Å². The monoisotopic (exact) mass is 350 g/mol. The lowest BCUT2D eigenvalue weighted by molar-refractivity contribution is 0.102. The van der Waals surface area contributed by atoms with E-state index in [1.807, 2.05) is 32.0 Å². The molecule has 1 amide bonds. The van der Waals surface area contributed by atoms with Gasteiger partial charge in [-0.2, -0.15) is 0 Å². The lowest BCUT2D eigenvalue weighted by Crippen LogP contribution is -2.29. The highest BCUT2D eigenvalue weighted by molar-refractivity contribution is 6.04. The molecule has 0 aliphatic rings. The predicted molar refractivity (Wildman–Crippen MR) is 100 cm³/mol. The number of carbonyl (C=O) groups excluding carboxylic acids is 1. The van der Waals surface area contributed by atoms with E-state index in [-0.39, 0.29) is 17.9 Å². The minimum atomic E-state index is -0.482. The van der Waals surface area contributed by atoms with E-state index < -0.39 is 11.5 Å². The molecule has 2 aromatic carbocycles. The fourth-order valence-electron chi connectivity index (χ4n) is 2.79. The first-order chi connectivity index (χ1) is 12.5. The summed E-state index contributed by atoms with van der Waals surface area (Å²) in [5.41, 5.74) is 2.61. The molecule has 4 nitrogen and oxygen atoms in total. The molecule has 0 bridgehead atoms. The summed E-state index contributed by atoms with van der Waals surface area (Å²) >= 11 is 0. The number of halogens is 1. The first-order valence-corrected chi connectivity index (χ1v) is 8.27. The van der Waals surface area contributed by atoms with Crippen LogP contribution in [0.3, 0.4) is 0 Å². The number of amides is 1. The molecule has 0 saturated carbocycles. The molecule has 0 saturated heterocycles. The van der Waals surface area contributed by atoms with Crippen LogP contribution in [-0.4, -0.2) is 10.5 Å². The van der Waals surface area contributed by atoms with Crippen molar-refractivity contribution in [3.05, 3.63) is 99.2 Å². The van der Waals surface area contributed by atoms with Crippen molar-refractivity contribution in [1.29, 1.82) is 0 Å². The summed E-state index contributed by atoms with van der Waals surface area (Å²) < 4.78 is 15.2. The largest absolute Gasteiger partial charge is 0.322 e. The Hall–Kier alpha value is -3.21. The molecule has 3 rings (SSSR count). The van der Waals surface area contributed by atoms with Crippen molar-refractivity contribution in [3.8, 4) is 0 Å². The summed E-state index contributed by atoms with van der Waals surface area (Å²) in [6, 6.07) is 15.0. The number of anilines is 1. The van der Waals surface area contributed by atoms with Crippen LogP contribution in [0.2, 0.25) is 0 Å². The zero-order valence-corrected chi connectivity index (χ0v) is 14.6. The van der Waals surface area contributed by atoms with E-state index in [2.05, 4.69) is 5.32 Å². The molecule has 0 unspecified atom stereocenters. The summed E-state index contributed by atoms with van der Waals surface area (Å²) in [5.74, 6) is -0.866. The van der Waals surface area contributed by atoms with Gasteiger partial charge in [-0.25, -0.2) is 4.39 Å². The Kier molecular flexibility index (Phi) is 4.98. The standard InChI is InChI=1S/C21H19FN2O2/c1-14-9-10-19(15(2)12-14)23-20(25)17-7-5-11-24(21(17)26)13-16-6-3-4-8-18(16)22/h3-12H,13H2,1-2H3,(H,23,25). The summed E-state index contributed by atoms with van der Waals surface area (Å²) in [7, 11) is 0. The maximum Gasteiger partial charge on any atom is 0.263 e. The summed E-state index contributed by atoms with van der Waals surface area (Å²) in [5, 5.41) is 2.77. The number of aromatic nitrogens is 1. The molecule has 0 fully saturated rings. The Morgan fingerprint density at radius 1 is 1.08 bits per heavy atom. The number of aryl methyl sites for hydroxylation is 2. The van der Waals surface area contributed by atoms with E-state index in [0.29, 0.717) is 11.3 Å². The van der Waals surface area contributed by atoms with Crippen molar-refractivity contribution >= 4 is 11.6 Å². The number of hydrogen-bond donors (Lipinski definition) is 1. The van der Waals surface area contributed by atoms with Crippen molar-refractivity contribution in [2.75, 3.05) is 5.32 Å². The minimum absolute atomic E-state index is 0.0174. The second kappa shape index (κ2) is 7.35. The molecule has 1 heterocycles. The van der Waals surface area contributed by atoms with Crippen molar-refractivity contribution in [2.24, 2.45) is 0 Å². The third-order valence-electron chi connectivity index (χ3n) is 4.19. The van der Waals surface area contributed by atoms with Crippen LogP contribution in [0.15, 0.2) is 65.6 Å². The Balaban J connectivity index is 1.88. The van der Waals surface area contributed by atoms with Crippen LogP contribution >= 0.6 is 0 Å². The smallest absolute Gasteiger partial charge is 0.263 e. The lowest BCUT2D eigenvalue weighted by Gasteiger charge is -2.11. The number of hydrogen-bond acceptors (Lipinski definition) is 2. The minimum Gasteiger partial charge on any atom is -0.322 e. The average Bonchev–Trinajstić information content (AvgIpc) is 2.61. The number of rotatable bonds is 4. The first kappa shape index (κ1) is 17.6. The van der Waals surface area contributed by atoms with Crippen molar-refractivity contribution in [3.63, 3.8) is 0 Å². The van der Waals surface area contributed by atoms with Gasteiger partial charge in [0.05, 0.1) is 6.54 Å². The van der Waals surface area contributed by atoms with Crippen LogP contribution in [0, 0.1) is 19.7 Å². The van der Waals surface area contributed by atoms with Crippen molar-refractivity contribution in [1.82, 2.24) is 4.57 Å². The van der Waals surface area contributed by atoms with Crippen LogP contribution in [0.25, 0.3) is 0 Å². The Morgan fingerprint density at radius 3 is 2.58 bits per heavy atom. The molecule has 1 aromatic heterocycles. The zero-order chi connectivity index (χ0) is 18.7. The molecule has 0 aliphatic heterocycles. The van der Waals surface area contributed by atoms with E-state index in [1.54, 1.807) is 30.5 Å². The maximum atomic E-state index is 13.8. The number of carbonyl (C=O) groups is 1. The molecular weight excluding hydrogens is 331 g/mol. The van der Waals surface area contributed by atoms with Crippen molar-refractivity contribution in [2.45, 2.75) is 20.4 Å². The average molecular weight is 350 g/mol. The van der Waals surface area contributed by atoms with Gasteiger partial charge in [-0.15, -0.1) is 0 Å². The van der Waals surface area contributed by atoms with Crippen LogP contribution in [0.5, 0.6) is 0 Å².